The Bertz CT molecular complexity index is 900. The van der Waals surface area contributed by atoms with Gasteiger partial charge in [-0.15, -0.1) is 0 Å². The molecule has 1 N–H and O–H groups in total. The zero-order valence-electron chi connectivity index (χ0n) is 14.4. The van der Waals surface area contributed by atoms with E-state index in [4.69, 9.17) is 0 Å². The first-order valence-corrected chi connectivity index (χ1v) is 8.08. The Morgan fingerprint density at radius 3 is 2.83 bits per heavy atom. The van der Waals surface area contributed by atoms with Crippen molar-refractivity contribution in [3.05, 3.63) is 47.4 Å². The molecule has 1 amide bonds. The summed E-state index contributed by atoms with van der Waals surface area (Å²) in [6.07, 6.45) is 4.34. The van der Waals surface area contributed by atoms with Crippen molar-refractivity contribution in [3.8, 4) is 0 Å². The number of carbonyl (C=O) groups excluding carboxylic acids is 1. The number of hydrogen-bond acceptors (Lipinski definition) is 4. The molecule has 0 aliphatic rings. The van der Waals surface area contributed by atoms with Crippen molar-refractivity contribution in [3.63, 3.8) is 0 Å². The van der Waals surface area contributed by atoms with Crippen LogP contribution in [0.15, 0.2) is 30.6 Å². The van der Waals surface area contributed by atoms with Gasteiger partial charge in [0, 0.05) is 11.9 Å². The lowest BCUT2D eigenvalue weighted by molar-refractivity contribution is 0.102. The summed E-state index contributed by atoms with van der Waals surface area (Å²) in [5.41, 5.74) is 3.14. The smallest absolute Gasteiger partial charge is 0.257 e. The van der Waals surface area contributed by atoms with Crippen molar-refractivity contribution in [2.45, 2.75) is 40.2 Å². The molecule has 0 spiro atoms. The molecule has 6 nitrogen and oxygen atoms in total. The van der Waals surface area contributed by atoms with E-state index >= 15 is 0 Å². The highest BCUT2D eigenvalue weighted by Crippen LogP contribution is 2.23. The van der Waals surface area contributed by atoms with E-state index in [2.05, 4.69) is 34.2 Å². The summed E-state index contributed by atoms with van der Waals surface area (Å²) in [5.74, 6) is 0.337. The minimum atomic E-state index is -0.202. The minimum Gasteiger partial charge on any atom is -0.307 e. The van der Waals surface area contributed by atoms with Crippen LogP contribution in [0.4, 0.5) is 5.82 Å². The van der Waals surface area contributed by atoms with Crippen molar-refractivity contribution in [1.82, 2.24) is 19.7 Å². The number of rotatable bonds is 4. The number of pyridine rings is 2. The monoisotopic (exact) mass is 323 g/mol. The molecule has 3 heterocycles. The van der Waals surface area contributed by atoms with Gasteiger partial charge in [-0.2, -0.15) is 5.10 Å². The Balaban J connectivity index is 2.02. The molecule has 124 valence electrons. The Morgan fingerprint density at radius 2 is 2.12 bits per heavy atom. The first kappa shape index (κ1) is 16.1. The average molecular weight is 323 g/mol. The van der Waals surface area contributed by atoms with Crippen LogP contribution < -0.4 is 5.32 Å². The van der Waals surface area contributed by atoms with Gasteiger partial charge < -0.3 is 5.32 Å². The Labute approximate surface area is 140 Å². The SMILES string of the molecule is CCC(C)n1ncc2c(C(=O)Nc3cc(C)ccn3)cc(C)nc21. The van der Waals surface area contributed by atoms with Crippen LogP contribution in [0.1, 0.15) is 47.9 Å². The molecular formula is C18H21N5O. The minimum absolute atomic E-state index is 0.202. The van der Waals surface area contributed by atoms with Crippen LogP contribution in [0.25, 0.3) is 11.0 Å². The molecule has 0 aromatic carbocycles. The normalized spacial score (nSPS) is 12.3. The number of carbonyl (C=O) groups is 1. The second-order valence-electron chi connectivity index (χ2n) is 6.07. The molecule has 0 saturated heterocycles. The fourth-order valence-electron chi connectivity index (χ4n) is 2.61. The Morgan fingerprint density at radius 1 is 1.33 bits per heavy atom. The van der Waals surface area contributed by atoms with E-state index in [-0.39, 0.29) is 11.9 Å². The highest BCUT2D eigenvalue weighted by molar-refractivity contribution is 6.11. The number of amides is 1. The molecule has 1 unspecified atom stereocenters. The van der Waals surface area contributed by atoms with Crippen molar-refractivity contribution in [1.29, 1.82) is 0 Å². The topological polar surface area (TPSA) is 72.7 Å². The maximum absolute atomic E-state index is 12.7. The zero-order valence-corrected chi connectivity index (χ0v) is 14.4. The number of anilines is 1. The van der Waals surface area contributed by atoms with Crippen LogP contribution in [0.3, 0.4) is 0 Å². The van der Waals surface area contributed by atoms with Crippen LogP contribution in [-0.4, -0.2) is 25.7 Å². The van der Waals surface area contributed by atoms with E-state index < -0.39 is 0 Å². The van der Waals surface area contributed by atoms with E-state index in [1.165, 1.54) is 0 Å². The van der Waals surface area contributed by atoms with Gasteiger partial charge in [0.05, 0.1) is 23.2 Å². The third-order valence-electron chi connectivity index (χ3n) is 4.10. The molecule has 0 saturated carbocycles. The number of aryl methyl sites for hydroxylation is 2. The molecule has 0 radical (unpaired) electrons. The maximum atomic E-state index is 12.7. The molecular weight excluding hydrogens is 302 g/mol. The van der Waals surface area contributed by atoms with Crippen LogP contribution in [0.2, 0.25) is 0 Å². The second kappa shape index (κ2) is 6.39. The Hall–Kier alpha value is -2.76. The largest absolute Gasteiger partial charge is 0.307 e. The zero-order chi connectivity index (χ0) is 17.3. The van der Waals surface area contributed by atoms with E-state index in [1.807, 2.05) is 30.7 Å². The van der Waals surface area contributed by atoms with E-state index in [0.29, 0.717) is 11.4 Å². The number of aromatic nitrogens is 4. The van der Waals surface area contributed by atoms with Crippen molar-refractivity contribution >= 4 is 22.8 Å². The van der Waals surface area contributed by atoms with Gasteiger partial charge in [-0.1, -0.05) is 6.92 Å². The fourth-order valence-corrected chi connectivity index (χ4v) is 2.61. The lowest BCUT2D eigenvalue weighted by Crippen LogP contribution is -2.14. The number of nitrogens with one attached hydrogen (secondary N) is 1. The third-order valence-corrected chi connectivity index (χ3v) is 4.10. The lowest BCUT2D eigenvalue weighted by Gasteiger charge is -2.11. The molecule has 3 rings (SSSR count). The summed E-state index contributed by atoms with van der Waals surface area (Å²) in [6.45, 7) is 8.04. The fraction of sp³-hybridized carbons (Fsp3) is 0.333. The van der Waals surface area contributed by atoms with Crippen LogP contribution in [0, 0.1) is 13.8 Å². The third kappa shape index (κ3) is 2.99. The van der Waals surface area contributed by atoms with Gasteiger partial charge in [0.1, 0.15) is 5.82 Å². The van der Waals surface area contributed by atoms with Gasteiger partial charge in [0.2, 0.25) is 0 Å². The summed E-state index contributed by atoms with van der Waals surface area (Å²) in [6, 6.07) is 5.74. The molecule has 0 bridgehead atoms. The van der Waals surface area contributed by atoms with E-state index in [9.17, 15) is 4.79 Å². The summed E-state index contributed by atoms with van der Waals surface area (Å²) in [5, 5.41) is 8.04. The second-order valence-corrected chi connectivity index (χ2v) is 6.07. The van der Waals surface area contributed by atoms with Crippen LogP contribution in [0.5, 0.6) is 0 Å². The van der Waals surface area contributed by atoms with Crippen LogP contribution in [-0.2, 0) is 0 Å². The molecule has 0 aliphatic carbocycles. The first-order chi connectivity index (χ1) is 11.5. The van der Waals surface area contributed by atoms with Crippen molar-refractivity contribution < 1.29 is 4.79 Å². The molecule has 1 atom stereocenters. The quantitative estimate of drug-likeness (QED) is 0.795. The maximum Gasteiger partial charge on any atom is 0.257 e. The number of hydrogen-bond donors (Lipinski definition) is 1. The summed E-state index contributed by atoms with van der Waals surface area (Å²) in [4.78, 5) is 21.5. The van der Waals surface area contributed by atoms with Gasteiger partial charge in [0.25, 0.3) is 5.91 Å². The predicted octanol–water partition coefficient (Wildman–Crippen LogP) is 3.67. The van der Waals surface area contributed by atoms with Crippen molar-refractivity contribution in [2.24, 2.45) is 0 Å². The van der Waals surface area contributed by atoms with Crippen molar-refractivity contribution in [2.75, 3.05) is 5.32 Å². The molecule has 6 heteroatoms. The molecule has 0 fully saturated rings. The predicted molar refractivity (Wildman–Crippen MR) is 94.2 cm³/mol. The lowest BCUT2D eigenvalue weighted by atomic mass is 10.1. The number of nitrogens with zero attached hydrogens (tertiary/aromatic N) is 4. The summed E-state index contributed by atoms with van der Waals surface area (Å²) >= 11 is 0. The molecule has 3 aromatic heterocycles. The first-order valence-electron chi connectivity index (χ1n) is 8.08. The molecule has 0 aliphatic heterocycles. The molecule has 3 aromatic rings. The van der Waals surface area contributed by atoms with Gasteiger partial charge in [-0.3, -0.25) is 4.79 Å². The highest BCUT2D eigenvalue weighted by Gasteiger charge is 2.18. The Kier molecular flexibility index (Phi) is 4.29. The summed E-state index contributed by atoms with van der Waals surface area (Å²) in [7, 11) is 0. The standard InChI is InChI=1S/C18H21N5O/c1-5-13(4)23-17-15(10-20-23)14(9-12(3)21-17)18(24)22-16-8-11(2)6-7-19-16/h6-10,13H,5H2,1-4H3,(H,19,22,24). The van der Waals surface area contributed by atoms with Gasteiger partial charge in [0.15, 0.2) is 5.65 Å². The van der Waals surface area contributed by atoms with Gasteiger partial charge >= 0.3 is 0 Å². The van der Waals surface area contributed by atoms with Gasteiger partial charge in [-0.25, -0.2) is 14.6 Å². The average Bonchev–Trinajstić information content (AvgIpc) is 2.97. The van der Waals surface area contributed by atoms with E-state index in [0.717, 1.165) is 28.7 Å². The molecule has 24 heavy (non-hydrogen) atoms. The van der Waals surface area contributed by atoms with Crippen LogP contribution >= 0.6 is 0 Å². The van der Waals surface area contributed by atoms with Gasteiger partial charge in [-0.05, 0) is 51.0 Å². The summed E-state index contributed by atoms with van der Waals surface area (Å²) < 4.78 is 1.88. The number of fused-ring (bicyclic) bond motifs is 1. The van der Waals surface area contributed by atoms with E-state index in [1.54, 1.807) is 18.5 Å². The highest BCUT2D eigenvalue weighted by atomic mass is 16.1.